The zero-order chi connectivity index (χ0) is 20.7. The van der Waals surface area contributed by atoms with Crippen LogP contribution in [0.15, 0.2) is 40.9 Å². The van der Waals surface area contributed by atoms with Crippen LogP contribution in [-0.2, 0) is 10.1 Å². The molecule has 0 spiro atoms. The van der Waals surface area contributed by atoms with Crippen molar-refractivity contribution in [3.8, 4) is 17.2 Å². The lowest BCUT2D eigenvalue weighted by Crippen LogP contribution is -2.28. The lowest BCUT2D eigenvalue weighted by atomic mass is 10.1. The molecule has 0 radical (unpaired) electrons. The summed E-state index contributed by atoms with van der Waals surface area (Å²) in [6, 6.07) is 5.74. The van der Waals surface area contributed by atoms with E-state index < -0.39 is 33.2 Å². The van der Waals surface area contributed by atoms with E-state index in [1.165, 1.54) is 19.2 Å². The molecule has 7 nitrogen and oxygen atoms in total. The van der Waals surface area contributed by atoms with Crippen molar-refractivity contribution in [3.63, 3.8) is 0 Å². The van der Waals surface area contributed by atoms with E-state index in [0.717, 1.165) is 24.4 Å². The maximum atomic E-state index is 13.2. The second-order valence-electron chi connectivity index (χ2n) is 5.39. The second kappa shape index (κ2) is 6.78. The molecule has 0 fully saturated rings. The predicted octanol–water partition coefficient (Wildman–Crippen LogP) is 3.22. The summed E-state index contributed by atoms with van der Waals surface area (Å²) in [5, 5.41) is 2.30. The molecule has 12 heteroatoms. The van der Waals surface area contributed by atoms with Crippen LogP contribution in [0.25, 0.3) is 22.3 Å². The summed E-state index contributed by atoms with van der Waals surface area (Å²) in [4.78, 5) is 15.8. The number of halogens is 4. The van der Waals surface area contributed by atoms with Crippen LogP contribution in [0.1, 0.15) is 10.4 Å². The third-order valence-electron chi connectivity index (χ3n) is 3.59. The van der Waals surface area contributed by atoms with E-state index in [4.69, 9.17) is 4.42 Å². The highest BCUT2D eigenvalue weighted by molar-refractivity contribution is 7.87. The first-order valence-corrected chi connectivity index (χ1v) is 8.85. The van der Waals surface area contributed by atoms with E-state index >= 15 is 0 Å². The van der Waals surface area contributed by atoms with Crippen molar-refractivity contribution in [1.29, 1.82) is 0 Å². The number of hydrogen-bond acceptors (Lipinski definition) is 6. The van der Waals surface area contributed by atoms with Crippen molar-refractivity contribution in [2.24, 2.45) is 0 Å². The number of hydrogen-bond donors (Lipinski definition) is 1. The molecule has 0 saturated heterocycles. The van der Waals surface area contributed by atoms with E-state index in [1.807, 2.05) is 0 Å². The van der Waals surface area contributed by atoms with Gasteiger partial charge in [0.1, 0.15) is 11.6 Å². The number of aromatic nitrogens is 1. The summed E-state index contributed by atoms with van der Waals surface area (Å²) >= 11 is 0. The molecule has 28 heavy (non-hydrogen) atoms. The number of amides is 1. The Kier molecular flexibility index (Phi) is 4.75. The number of rotatable bonds is 4. The van der Waals surface area contributed by atoms with E-state index in [0.29, 0.717) is 5.56 Å². The smallest absolute Gasteiger partial charge is 0.454 e. The maximum Gasteiger partial charge on any atom is 0.534 e. The van der Waals surface area contributed by atoms with Crippen LogP contribution in [0.3, 0.4) is 0 Å². The zero-order valence-electron chi connectivity index (χ0n) is 13.9. The van der Waals surface area contributed by atoms with Crippen LogP contribution in [0.4, 0.5) is 17.6 Å². The molecule has 1 aromatic carbocycles. The monoisotopic (exact) mass is 418 g/mol. The first-order chi connectivity index (χ1) is 13.0. The Bertz CT molecular complexity index is 1150. The molecule has 1 amide bonds. The average Bonchev–Trinajstić information content (AvgIpc) is 2.99. The van der Waals surface area contributed by atoms with Crippen molar-refractivity contribution in [2.45, 2.75) is 5.51 Å². The molecular weight excluding hydrogens is 408 g/mol. The number of nitrogens with one attached hydrogen (secondary N) is 1. The van der Waals surface area contributed by atoms with Crippen molar-refractivity contribution in [1.82, 2.24) is 10.3 Å². The molecule has 0 bridgehead atoms. The van der Waals surface area contributed by atoms with Crippen LogP contribution in [-0.4, -0.2) is 31.9 Å². The number of benzene rings is 1. The molecule has 0 aliphatic heterocycles. The van der Waals surface area contributed by atoms with Gasteiger partial charge in [0.2, 0.25) is 5.88 Å². The van der Waals surface area contributed by atoms with Gasteiger partial charge in [-0.3, -0.25) is 4.79 Å². The molecular formula is C16H10F4N2O5S. The highest BCUT2D eigenvalue weighted by Gasteiger charge is 2.49. The number of carbonyl (C=O) groups is 1. The zero-order valence-corrected chi connectivity index (χ0v) is 14.7. The fraction of sp³-hybridized carbons (Fsp3) is 0.125. The van der Waals surface area contributed by atoms with Gasteiger partial charge >= 0.3 is 15.6 Å². The highest BCUT2D eigenvalue weighted by Crippen LogP contribution is 2.35. The van der Waals surface area contributed by atoms with Crippen molar-refractivity contribution >= 4 is 27.0 Å². The molecule has 0 aliphatic rings. The number of alkyl halides is 3. The van der Waals surface area contributed by atoms with Gasteiger partial charge in [-0.2, -0.15) is 21.6 Å². The van der Waals surface area contributed by atoms with E-state index in [1.54, 1.807) is 0 Å². The van der Waals surface area contributed by atoms with Gasteiger partial charge in [0.25, 0.3) is 5.91 Å². The van der Waals surface area contributed by atoms with Gasteiger partial charge in [0.05, 0.1) is 11.8 Å². The number of carbonyl (C=O) groups excluding carboxylic acids is 1. The third-order valence-corrected chi connectivity index (χ3v) is 4.55. The van der Waals surface area contributed by atoms with Crippen molar-refractivity contribution in [3.05, 3.63) is 47.9 Å². The number of fused-ring (bicyclic) bond motifs is 1. The van der Waals surface area contributed by atoms with Crippen LogP contribution in [0, 0.1) is 5.82 Å². The number of pyridine rings is 1. The second-order valence-corrected chi connectivity index (χ2v) is 6.93. The largest absolute Gasteiger partial charge is 0.534 e. The Balaban J connectivity index is 2.17. The topological polar surface area (TPSA) is 98.5 Å². The van der Waals surface area contributed by atoms with Crippen LogP contribution < -0.4 is 9.50 Å². The van der Waals surface area contributed by atoms with Gasteiger partial charge in [-0.05, 0) is 24.3 Å². The van der Waals surface area contributed by atoms with Gasteiger partial charge in [-0.1, -0.05) is 0 Å². The summed E-state index contributed by atoms with van der Waals surface area (Å²) in [6.45, 7) is 0. The van der Waals surface area contributed by atoms with Crippen LogP contribution >= 0.6 is 0 Å². The van der Waals surface area contributed by atoms with Gasteiger partial charge in [-0.15, -0.1) is 0 Å². The molecule has 0 aliphatic carbocycles. The summed E-state index contributed by atoms with van der Waals surface area (Å²) in [5.41, 5.74) is -5.47. The summed E-state index contributed by atoms with van der Waals surface area (Å²) < 4.78 is 82.5. The van der Waals surface area contributed by atoms with Crippen LogP contribution in [0.5, 0.6) is 5.88 Å². The standard InChI is InChI=1S/C16H10F4N2O5S/c1-21-15(23)13-10-6-12(27-28(24,25)16(18,19)20)22-7-11(10)26-14(13)8-2-4-9(17)5-3-8/h2-7H,1H3,(H,21,23). The molecule has 3 rings (SSSR count). The van der Waals surface area contributed by atoms with Crippen molar-refractivity contribution < 1.29 is 39.4 Å². The van der Waals surface area contributed by atoms with E-state index in [9.17, 15) is 30.8 Å². The maximum absolute atomic E-state index is 13.2. The van der Waals surface area contributed by atoms with E-state index in [-0.39, 0.29) is 22.3 Å². The Morgan fingerprint density at radius 1 is 1.21 bits per heavy atom. The number of nitrogens with zero attached hydrogens (tertiary/aromatic N) is 1. The van der Waals surface area contributed by atoms with Gasteiger partial charge < -0.3 is 13.9 Å². The quantitative estimate of drug-likeness (QED) is 0.397. The van der Waals surface area contributed by atoms with Crippen LogP contribution in [0.2, 0.25) is 0 Å². The molecule has 2 aromatic heterocycles. The van der Waals surface area contributed by atoms with Gasteiger partial charge in [0, 0.05) is 24.1 Å². The Hall–Kier alpha value is -3.15. The molecule has 3 aromatic rings. The minimum absolute atomic E-state index is 0.00743. The van der Waals surface area contributed by atoms with E-state index in [2.05, 4.69) is 14.5 Å². The fourth-order valence-electron chi connectivity index (χ4n) is 2.34. The van der Waals surface area contributed by atoms with Crippen molar-refractivity contribution in [2.75, 3.05) is 7.05 Å². The lowest BCUT2D eigenvalue weighted by molar-refractivity contribution is -0.0501. The third kappa shape index (κ3) is 3.50. The Morgan fingerprint density at radius 2 is 1.86 bits per heavy atom. The first kappa shape index (κ1) is 19.6. The normalized spacial score (nSPS) is 12.2. The SMILES string of the molecule is CNC(=O)c1c(-c2ccc(F)cc2)oc2cnc(OS(=O)(=O)C(F)(F)F)cc12. The number of furan rings is 1. The predicted molar refractivity (Wildman–Crippen MR) is 88.4 cm³/mol. The fourth-order valence-corrected chi connectivity index (χ4v) is 2.75. The molecule has 0 saturated carbocycles. The molecule has 148 valence electrons. The Morgan fingerprint density at radius 3 is 2.43 bits per heavy atom. The first-order valence-electron chi connectivity index (χ1n) is 7.45. The summed E-state index contributed by atoms with van der Waals surface area (Å²) in [7, 11) is -4.64. The molecule has 0 atom stereocenters. The average molecular weight is 418 g/mol. The molecule has 2 heterocycles. The minimum atomic E-state index is -5.94. The van der Waals surface area contributed by atoms with Gasteiger partial charge in [-0.25, -0.2) is 9.37 Å². The minimum Gasteiger partial charge on any atom is -0.454 e. The lowest BCUT2D eigenvalue weighted by Gasteiger charge is -2.08. The molecule has 0 unspecified atom stereocenters. The molecule has 1 N–H and O–H groups in total. The summed E-state index contributed by atoms with van der Waals surface area (Å²) in [5.74, 6) is -2.11. The van der Waals surface area contributed by atoms with Gasteiger partial charge in [0.15, 0.2) is 5.58 Å². The summed E-state index contributed by atoms with van der Waals surface area (Å²) in [6.07, 6.45) is 0.913. The Labute approximate surface area is 155 Å². The highest BCUT2D eigenvalue weighted by atomic mass is 32.2.